The Hall–Kier alpha value is -1.19. The first kappa shape index (κ1) is 21.1. The predicted octanol–water partition coefficient (Wildman–Crippen LogP) is 1.42. The summed E-state index contributed by atoms with van der Waals surface area (Å²) in [5.41, 5.74) is -0.307. The van der Waals surface area contributed by atoms with Gasteiger partial charge in [0.25, 0.3) is 0 Å². The maximum absolute atomic E-state index is 13.2. The van der Waals surface area contributed by atoms with Gasteiger partial charge >= 0.3 is 6.03 Å². The third-order valence-corrected chi connectivity index (χ3v) is 9.40. The van der Waals surface area contributed by atoms with Crippen molar-refractivity contribution in [3.05, 3.63) is 0 Å². The average Bonchev–Trinajstić information content (AvgIpc) is 3.42. The van der Waals surface area contributed by atoms with Crippen molar-refractivity contribution < 1.29 is 18.0 Å². The lowest BCUT2D eigenvalue weighted by Gasteiger charge is -2.47. The summed E-state index contributed by atoms with van der Waals surface area (Å²) in [6, 6.07) is -0.0886. The van der Waals surface area contributed by atoms with Crippen LogP contribution in [0.4, 0.5) is 4.79 Å². The molecule has 4 rings (SSSR count). The summed E-state index contributed by atoms with van der Waals surface area (Å²) >= 11 is 0. The first-order valence-electron chi connectivity index (χ1n) is 11.0. The van der Waals surface area contributed by atoms with Gasteiger partial charge in [-0.2, -0.15) is 0 Å². The fourth-order valence-electron chi connectivity index (χ4n) is 5.13. The topological polar surface area (TPSA) is 98.8 Å². The quantitative estimate of drug-likeness (QED) is 0.669. The van der Waals surface area contributed by atoms with Gasteiger partial charge in [-0.1, -0.05) is 6.42 Å². The molecule has 2 saturated heterocycles. The molecule has 0 radical (unpaired) electrons. The number of sulfonamides is 1. The molecule has 2 aliphatic carbocycles. The largest absolute Gasteiger partial charge is 0.326 e. The number of carbonyl (C=O) groups excluding carboxylic acids is 2. The van der Waals surface area contributed by atoms with E-state index in [1.807, 2.05) is 6.92 Å². The third-order valence-electron chi connectivity index (χ3n) is 7.32. The van der Waals surface area contributed by atoms with E-state index in [-0.39, 0.29) is 23.5 Å². The van der Waals surface area contributed by atoms with Gasteiger partial charge in [-0.05, 0) is 64.8 Å². The number of hydrogen-bond donors (Lipinski definition) is 2. The number of urea groups is 1. The van der Waals surface area contributed by atoms with E-state index < -0.39 is 21.2 Å². The van der Waals surface area contributed by atoms with E-state index in [1.54, 1.807) is 11.9 Å². The molecule has 8 nitrogen and oxygen atoms in total. The first-order valence-corrected chi connectivity index (χ1v) is 12.6. The van der Waals surface area contributed by atoms with Crippen molar-refractivity contribution in [1.82, 2.24) is 19.8 Å². The van der Waals surface area contributed by atoms with Crippen LogP contribution in [0.5, 0.6) is 0 Å². The van der Waals surface area contributed by atoms with E-state index in [1.165, 1.54) is 17.7 Å². The van der Waals surface area contributed by atoms with E-state index >= 15 is 0 Å². The highest BCUT2D eigenvalue weighted by Crippen LogP contribution is 2.39. The number of nitrogens with zero attached hydrogens (tertiary/aromatic N) is 2. The molecule has 2 heterocycles. The second kappa shape index (κ2) is 7.81. The zero-order valence-corrected chi connectivity index (χ0v) is 18.3. The predicted molar refractivity (Wildman–Crippen MR) is 110 cm³/mol. The van der Waals surface area contributed by atoms with Gasteiger partial charge in [0, 0.05) is 31.2 Å². The summed E-state index contributed by atoms with van der Waals surface area (Å²) < 4.78 is 28.6. The standard InChI is InChI=1S/C20H34N4O4S/c1-20(9-10-20)22-29(27,28)15-6-7-17-16(13-15)18(25)24(19(26)23(17)2)12-8-14-5-3-4-11-21-14/h14-17,21-22H,3-13H2,1-2H3. The minimum Gasteiger partial charge on any atom is -0.324 e. The lowest BCUT2D eigenvalue weighted by molar-refractivity contribution is -0.140. The van der Waals surface area contributed by atoms with Gasteiger partial charge in [0.2, 0.25) is 15.9 Å². The number of carbonyl (C=O) groups is 2. The molecule has 9 heteroatoms. The zero-order chi connectivity index (χ0) is 20.8. The Bertz CT molecular complexity index is 760. The Kier molecular flexibility index (Phi) is 5.67. The zero-order valence-electron chi connectivity index (χ0n) is 17.5. The van der Waals surface area contributed by atoms with E-state index in [2.05, 4.69) is 10.0 Å². The van der Waals surface area contributed by atoms with Gasteiger partial charge in [-0.25, -0.2) is 17.9 Å². The number of fused-ring (bicyclic) bond motifs is 1. The van der Waals surface area contributed by atoms with Crippen LogP contribution in [0.25, 0.3) is 0 Å². The summed E-state index contributed by atoms with van der Waals surface area (Å²) in [4.78, 5) is 29.0. The van der Waals surface area contributed by atoms with Crippen molar-refractivity contribution in [3.8, 4) is 0 Å². The highest BCUT2D eigenvalue weighted by atomic mass is 32.2. The average molecular weight is 427 g/mol. The molecule has 0 spiro atoms. The molecule has 0 bridgehead atoms. The van der Waals surface area contributed by atoms with E-state index in [9.17, 15) is 18.0 Å². The molecule has 0 aromatic rings. The Balaban J connectivity index is 1.43. The maximum Gasteiger partial charge on any atom is 0.326 e. The number of nitrogens with one attached hydrogen (secondary N) is 2. The minimum atomic E-state index is -3.46. The van der Waals surface area contributed by atoms with Crippen molar-refractivity contribution in [3.63, 3.8) is 0 Å². The van der Waals surface area contributed by atoms with Gasteiger partial charge < -0.3 is 10.2 Å². The summed E-state index contributed by atoms with van der Waals surface area (Å²) in [6.07, 6.45) is 7.25. The fraction of sp³-hybridized carbons (Fsp3) is 0.900. The van der Waals surface area contributed by atoms with Crippen molar-refractivity contribution >= 4 is 22.0 Å². The van der Waals surface area contributed by atoms with Crippen LogP contribution in [-0.4, -0.2) is 73.2 Å². The Morgan fingerprint density at radius 3 is 2.59 bits per heavy atom. The number of hydrogen-bond acceptors (Lipinski definition) is 5. The Labute approximate surface area is 173 Å². The van der Waals surface area contributed by atoms with Crippen LogP contribution in [0, 0.1) is 5.92 Å². The second-order valence-electron chi connectivity index (χ2n) is 9.64. The molecule has 4 atom stereocenters. The van der Waals surface area contributed by atoms with E-state index in [0.717, 1.165) is 32.2 Å². The van der Waals surface area contributed by atoms with Crippen molar-refractivity contribution in [2.24, 2.45) is 5.92 Å². The molecule has 4 fully saturated rings. The van der Waals surface area contributed by atoms with Crippen LogP contribution in [0.2, 0.25) is 0 Å². The lowest BCUT2D eigenvalue weighted by atomic mass is 9.81. The third kappa shape index (κ3) is 4.32. The molecule has 2 aliphatic heterocycles. The van der Waals surface area contributed by atoms with Gasteiger partial charge in [-0.15, -0.1) is 0 Å². The summed E-state index contributed by atoms with van der Waals surface area (Å²) in [6.45, 7) is 3.31. The molecule has 2 saturated carbocycles. The van der Waals surface area contributed by atoms with Crippen LogP contribution in [0.15, 0.2) is 0 Å². The maximum atomic E-state index is 13.2. The van der Waals surface area contributed by atoms with Crippen molar-refractivity contribution in [2.45, 2.75) is 87.6 Å². The normalized spacial score (nSPS) is 34.8. The van der Waals surface area contributed by atoms with E-state index in [0.29, 0.717) is 31.8 Å². The first-order chi connectivity index (χ1) is 13.7. The molecule has 4 aliphatic rings. The number of piperidine rings is 1. The summed E-state index contributed by atoms with van der Waals surface area (Å²) in [7, 11) is -1.72. The fourth-order valence-corrected chi connectivity index (χ4v) is 7.10. The Morgan fingerprint density at radius 2 is 1.93 bits per heavy atom. The van der Waals surface area contributed by atoms with Crippen LogP contribution in [0.1, 0.15) is 64.7 Å². The molecular weight excluding hydrogens is 392 g/mol. The molecule has 164 valence electrons. The van der Waals surface area contributed by atoms with Crippen LogP contribution >= 0.6 is 0 Å². The molecule has 0 aromatic carbocycles. The van der Waals surface area contributed by atoms with Gasteiger partial charge in [-0.3, -0.25) is 9.69 Å². The van der Waals surface area contributed by atoms with Gasteiger partial charge in [0.15, 0.2) is 0 Å². The summed E-state index contributed by atoms with van der Waals surface area (Å²) in [5.74, 6) is -0.620. The van der Waals surface area contributed by atoms with E-state index in [4.69, 9.17) is 0 Å². The minimum absolute atomic E-state index is 0.188. The highest BCUT2D eigenvalue weighted by molar-refractivity contribution is 7.90. The molecule has 4 unspecified atom stereocenters. The van der Waals surface area contributed by atoms with Crippen LogP contribution in [-0.2, 0) is 14.8 Å². The Morgan fingerprint density at radius 1 is 1.17 bits per heavy atom. The van der Waals surface area contributed by atoms with Crippen LogP contribution in [0.3, 0.4) is 0 Å². The van der Waals surface area contributed by atoms with Crippen LogP contribution < -0.4 is 10.0 Å². The van der Waals surface area contributed by atoms with Gasteiger partial charge in [0.1, 0.15) is 0 Å². The molecule has 0 aromatic heterocycles. The lowest BCUT2D eigenvalue weighted by Crippen LogP contribution is -2.63. The second-order valence-corrected chi connectivity index (χ2v) is 11.6. The monoisotopic (exact) mass is 426 g/mol. The van der Waals surface area contributed by atoms with Crippen molar-refractivity contribution in [2.75, 3.05) is 20.1 Å². The van der Waals surface area contributed by atoms with Gasteiger partial charge in [0.05, 0.1) is 11.2 Å². The highest BCUT2D eigenvalue weighted by Gasteiger charge is 2.51. The molecule has 29 heavy (non-hydrogen) atoms. The molecule has 2 N–H and O–H groups in total. The SMILES string of the molecule is CN1C(=O)N(CCC2CCCCN2)C(=O)C2CC(S(=O)(=O)NC3(C)CC3)CCC21. The summed E-state index contributed by atoms with van der Waals surface area (Å²) in [5, 5.41) is 2.90. The number of rotatable bonds is 6. The number of amides is 3. The van der Waals surface area contributed by atoms with Crippen molar-refractivity contribution in [1.29, 1.82) is 0 Å². The molecule has 3 amide bonds. The smallest absolute Gasteiger partial charge is 0.324 e. The number of imide groups is 1. The molecular formula is C20H34N4O4S.